The van der Waals surface area contributed by atoms with E-state index in [1.165, 1.54) is 23.9 Å². The molecule has 45 heavy (non-hydrogen) atoms. The number of thioether (sulfide) groups is 1. The van der Waals surface area contributed by atoms with Crippen LogP contribution in [0.2, 0.25) is 0 Å². The van der Waals surface area contributed by atoms with Gasteiger partial charge in [0, 0.05) is 55.0 Å². The van der Waals surface area contributed by atoms with Crippen LogP contribution in [-0.2, 0) is 17.5 Å². The second kappa shape index (κ2) is 13.0. The van der Waals surface area contributed by atoms with Crippen LogP contribution in [0, 0.1) is 12.7 Å². The molecular weight excluding hydrogens is 604 g/mol. The molecule has 6 rings (SSSR count). The first kappa shape index (κ1) is 30.8. The third-order valence-electron chi connectivity index (χ3n) is 8.08. The lowest BCUT2D eigenvalue weighted by molar-refractivity contribution is -0.137. The van der Waals surface area contributed by atoms with Gasteiger partial charge in [0.1, 0.15) is 11.3 Å². The summed E-state index contributed by atoms with van der Waals surface area (Å²) >= 11 is 1.47. The first-order valence-corrected chi connectivity index (χ1v) is 15.9. The molecule has 0 saturated carbocycles. The third-order valence-corrected chi connectivity index (χ3v) is 9.00. The summed E-state index contributed by atoms with van der Waals surface area (Å²) < 4.78 is 55.8. The molecule has 1 aliphatic rings. The third kappa shape index (κ3) is 6.90. The molecule has 0 atom stereocenters. The van der Waals surface area contributed by atoms with Crippen LogP contribution in [0.4, 0.5) is 23.2 Å². The van der Waals surface area contributed by atoms with Crippen molar-refractivity contribution in [3.05, 3.63) is 89.2 Å². The van der Waals surface area contributed by atoms with Crippen LogP contribution in [0.1, 0.15) is 36.0 Å². The molecule has 234 valence electrons. The molecule has 0 aliphatic carbocycles. The average molecular weight is 637 g/mol. The van der Waals surface area contributed by atoms with E-state index in [0.29, 0.717) is 78.9 Å². The van der Waals surface area contributed by atoms with Crippen molar-refractivity contribution in [2.24, 2.45) is 0 Å². The molecule has 1 amide bonds. The Morgan fingerprint density at radius 1 is 0.933 bits per heavy atom. The number of amides is 1. The van der Waals surface area contributed by atoms with Crippen LogP contribution in [0.15, 0.2) is 71.9 Å². The summed E-state index contributed by atoms with van der Waals surface area (Å²) in [7, 11) is 0. The number of aromatic nitrogens is 4. The lowest BCUT2D eigenvalue weighted by atomic mass is 10.1. The number of fused-ring (bicyclic) bond motifs is 3. The van der Waals surface area contributed by atoms with Gasteiger partial charge in [-0.2, -0.15) is 13.2 Å². The number of alkyl halides is 3. The molecule has 12 heteroatoms. The fourth-order valence-electron chi connectivity index (χ4n) is 5.67. The number of rotatable bonds is 9. The predicted molar refractivity (Wildman–Crippen MR) is 168 cm³/mol. The van der Waals surface area contributed by atoms with E-state index in [1.807, 2.05) is 40.7 Å². The maximum absolute atomic E-state index is 14.5. The number of anilines is 1. The number of carbonyl (C=O) groups excluding carboxylic acids is 1. The first-order valence-electron chi connectivity index (χ1n) is 14.9. The van der Waals surface area contributed by atoms with Gasteiger partial charge in [-0.05, 0) is 56.2 Å². The molecule has 3 aromatic carbocycles. The molecule has 1 fully saturated rings. The second-order valence-electron chi connectivity index (χ2n) is 11.2. The molecule has 0 bridgehead atoms. The van der Waals surface area contributed by atoms with E-state index in [1.54, 1.807) is 23.1 Å². The van der Waals surface area contributed by atoms with Crippen molar-refractivity contribution < 1.29 is 22.4 Å². The van der Waals surface area contributed by atoms with E-state index < -0.39 is 11.7 Å². The lowest BCUT2D eigenvalue weighted by Gasteiger charge is -2.36. The first-order chi connectivity index (χ1) is 21.7. The summed E-state index contributed by atoms with van der Waals surface area (Å²) in [6.45, 7) is 4.25. The Hall–Kier alpha value is -4.19. The molecule has 0 spiro atoms. The minimum Gasteiger partial charge on any atom is -0.368 e. The molecule has 7 nitrogen and oxygen atoms in total. The van der Waals surface area contributed by atoms with Crippen LogP contribution in [-0.4, -0.2) is 62.5 Å². The minimum absolute atomic E-state index is 0.0518. The quantitative estimate of drug-likeness (QED) is 0.0977. The maximum Gasteiger partial charge on any atom is 0.416 e. The molecule has 0 radical (unpaired) electrons. The largest absolute Gasteiger partial charge is 0.416 e. The van der Waals surface area contributed by atoms with E-state index in [0.717, 1.165) is 35.0 Å². The van der Waals surface area contributed by atoms with E-state index in [4.69, 9.17) is 4.98 Å². The predicted octanol–water partition coefficient (Wildman–Crippen LogP) is 7.11. The SMILES string of the molecule is Cc1ccc2c(c1)c1nnc(SCCCCC(=O)N3CCN(c4cccc(C(F)(F)F)c4)CC3)nc1n2Cc1ccccc1F. The number of halogens is 4. The molecule has 5 aromatic rings. The van der Waals surface area contributed by atoms with E-state index in [-0.39, 0.29) is 11.7 Å². The van der Waals surface area contributed by atoms with Gasteiger partial charge in [0.05, 0.1) is 17.6 Å². The Morgan fingerprint density at radius 3 is 2.51 bits per heavy atom. The molecule has 3 heterocycles. The Balaban J connectivity index is 1.03. The van der Waals surface area contributed by atoms with Crippen molar-refractivity contribution in [1.82, 2.24) is 24.6 Å². The Kier molecular flexibility index (Phi) is 8.93. The monoisotopic (exact) mass is 636 g/mol. The highest BCUT2D eigenvalue weighted by Gasteiger charge is 2.31. The summed E-state index contributed by atoms with van der Waals surface area (Å²) in [5, 5.41) is 10.3. The summed E-state index contributed by atoms with van der Waals surface area (Å²) in [4.78, 5) is 21.3. The Labute approximate surface area is 262 Å². The van der Waals surface area contributed by atoms with Crippen molar-refractivity contribution in [3.8, 4) is 0 Å². The number of unbranched alkanes of at least 4 members (excludes halogenated alkanes) is 1. The fourth-order valence-corrected chi connectivity index (χ4v) is 6.45. The molecule has 1 aliphatic heterocycles. The zero-order valence-electron chi connectivity index (χ0n) is 24.7. The van der Waals surface area contributed by atoms with Gasteiger partial charge in [0.2, 0.25) is 11.1 Å². The van der Waals surface area contributed by atoms with Gasteiger partial charge >= 0.3 is 6.18 Å². The van der Waals surface area contributed by atoms with Gasteiger partial charge in [-0.3, -0.25) is 4.79 Å². The zero-order chi connectivity index (χ0) is 31.6. The topological polar surface area (TPSA) is 67.2 Å². The number of carbonyl (C=O) groups is 1. The van der Waals surface area contributed by atoms with Crippen LogP contribution in [0.3, 0.4) is 0 Å². The Morgan fingerprint density at radius 2 is 1.73 bits per heavy atom. The minimum atomic E-state index is -4.39. The highest BCUT2D eigenvalue weighted by Crippen LogP contribution is 2.32. The highest BCUT2D eigenvalue weighted by atomic mass is 32.2. The van der Waals surface area contributed by atoms with Gasteiger partial charge in [-0.1, -0.05) is 47.7 Å². The van der Waals surface area contributed by atoms with Crippen molar-refractivity contribution in [3.63, 3.8) is 0 Å². The molecular formula is C33H32F4N6OS. The van der Waals surface area contributed by atoms with E-state index in [9.17, 15) is 22.4 Å². The van der Waals surface area contributed by atoms with Crippen molar-refractivity contribution in [1.29, 1.82) is 0 Å². The van der Waals surface area contributed by atoms with Gasteiger partial charge in [-0.15, -0.1) is 10.2 Å². The summed E-state index contributed by atoms with van der Waals surface area (Å²) in [6.07, 6.45) is -2.51. The average Bonchev–Trinajstić information content (AvgIpc) is 3.33. The summed E-state index contributed by atoms with van der Waals surface area (Å²) in [6, 6.07) is 18.1. The summed E-state index contributed by atoms with van der Waals surface area (Å²) in [5.41, 5.74) is 3.73. The smallest absolute Gasteiger partial charge is 0.368 e. The maximum atomic E-state index is 14.5. The van der Waals surface area contributed by atoms with Crippen LogP contribution < -0.4 is 4.90 Å². The molecule has 2 aromatic heterocycles. The number of hydrogen-bond donors (Lipinski definition) is 0. The van der Waals surface area contributed by atoms with Gasteiger partial charge in [-0.25, -0.2) is 9.37 Å². The van der Waals surface area contributed by atoms with Crippen molar-refractivity contribution in [2.75, 3.05) is 36.8 Å². The van der Waals surface area contributed by atoms with Crippen LogP contribution >= 0.6 is 11.8 Å². The van der Waals surface area contributed by atoms with E-state index >= 15 is 0 Å². The number of hydrogen-bond acceptors (Lipinski definition) is 6. The Bertz CT molecular complexity index is 1830. The van der Waals surface area contributed by atoms with Crippen molar-refractivity contribution >= 4 is 45.4 Å². The lowest BCUT2D eigenvalue weighted by Crippen LogP contribution is -2.48. The van der Waals surface area contributed by atoms with Gasteiger partial charge in [0.25, 0.3) is 0 Å². The number of aryl methyl sites for hydroxylation is 1. The summed E-state index contributed by atoms with van der Waals surface area (Å²) in [5.74, 6) is 0.482. The number of piperazine rings is 1. The molecule has 1 saturated heterocycles. The second-order valence-corrected chi connectivity index (χ2v) is 12.2. The van der Waals surface area contributed by atoms with Crippen LogP contribution in [0.25, 0.3) is 22.1 Å². The number of benzene rings is 3. The van der Waals surface area contributed by atoms with E-state index in [2.05, 4.69) is 10.2 Å². The molecule has 0 N–H and O–H groups in total. The zero-order valence-corrected chi connectivity index (χ0v) is 25.5. The fraction of sp³-hybridized carbons (Fsp3) is 0.333. The standard InChI is InChI=1S/C33H32F4N6OS/c1-22-12-13-28-26(19-22)30-31(43(28)21-23-7-2-3-10-27(23)34)38-32(40-39-30)45-18-5-4-11-29(44)42-16-14-41(15-17-42)25-9-6-8-24(20-25)33(35,36)37/h2-3,6-10,12-13,19-20H,4-5,11,14-18,21H2,1H3. The molecule has 0 unspecified atom stereocenters. The highest BCUT2D eigenvalue weighted by molar-refractivity contribution is 7.99. The van der Waals surface area contributed by atoms with Crippen molar-refractivity contribution in [2.45, 2.75) is 44.1 Å². The number of nitrogens with zero attached hydrogens (tertiary/aromatic N) is 6. The normalized spacial score (nSPS) is 14.1. The van der Waals surface area contributed by atoms with Gasteiger partial charge in [0.15, 0.2) is 5.65 Å². The van der Waals surface area contributed by atoms with Gasteiger partial charge < -0.3 is 14.4 Å². The van der Waals surface area contributed by atoms with Crippen LogP contribution in [0.5, 0.6) is 0 Å².